The Kier molecular flexibility index (Phi) is 3.33. The van der Waals surface area contributed by atoms with E-state index in [0.717, 1.165) is 11.5 Å². The number of hydrogen-bond acceptors (Lipinski definition) is 2. The number of hydrogen-bond donors (Lipinski definition) is 0. The molecule has 0 amide bonds. The van der Waals surface area contributed by atoms with Crippen LogP contribution in [0.3, 0.4) is 0 Å². The number of methoxy groups -OCH3 is 1. The third kappa shape index (κ3) is 2.38. The van der Waals surface area contributed by atoms with Crippen LogP contribution in [0.4, 0.5) is 0 Å². The Balaban J connectivity index is 2.53. The molecule has 2 nitrogen and oxygen atoms in total. The van der Waals surface area contributed by atoms with Gasteiger partial charge in [-0.3, -0.25) is 0 Å². The van der Waals surface area contributed by atoms with E-state index >= 15 is 0 Å². The molecule has 0 unspecified atom stereocenters. The zero-order valence-electron chi connectivity index (χ0n) is 7.12. The second-order valence-electron chi connectivity index (χ2n) is 2.28. The zero-order chi connectivity index (χ0) is 8.81. The van der Waals surface area contributed by atoms with E-state index in [1.807, 2.05) is 24.3 Å². The first-order valence-corrected chi connectivity index (χ1v) is 3.74. The van der Waals surface area contributed by atoms with Crippen LogP contribution in [-0.2, 0) is 0 Å². The van der Waals surface area contributed by atoms with Crippen LogP contribution in [0.1, 0.15) is 0 Å². The predicted octanol–water partition coefficient (Wildman–Crippen LogP) is 2.11. The fourth-order valence-corrected chi connectivity index (χ4v) is 0.827. The molecule has 1 rings (SSSR count). The van der Waals surface area contributed by atoms with Gasteiger partial charge in [0.25, 0.3) is 0 Å². The van der Waals surface area contributed by atoms with Gasteiger partial charge in [-0.05, 0) is 30.7 Å². The highest BCUT2D eigenvalue weighted by molar-refractivity contribution is 5.31. The number of ether oxygens (including phenoxy) is 2. The summed E-state index contributed by atoms with van der Waals surface area (Å²) < 4.78 is 10.3. The van der Waals surface area contributed by atoms with Crippen molar-refractivity contribution in [2.24, 2.45) is 0 Å². The third-order valence-corrected chi connectivity index (χ3v) is 1.43. The molecule has 1 aromatic rings. The molecule has 0 saturated heterocycles. The number of benzene rings is 1. The van der Waals surface area contributed by atoms with Crippen molar-refractivity contribution in [2.45, 2.75) is 0 Å². The van der Waals surface area contributed by atoms with Gasteiger partial charge < -0.3 is 9.47 Å². The molecule has 1 aromatic carbocycles. The van der Waals surface area contributed by atoms with E-state index in [1.165, 1.54) is 0 Å². The molecule has 0 fully saturated rings. The van der Waals surface area contributed by atoms with E-state index in [9.17, 15) is 0 Å². The highest BCUT2D eigenvalue weighted by Crippen LogP contribution is 2.16. The van der Waals surface area contributed by atoms with Gasteiger partial charge in [0.1, 0.15) is 11.5 Å². The van der Waals surface area contributed by atoms with E-state index < -0.39 is 0 Å². The lowest BCUT2D eigenvalue weighted by Crippen LogP contribution is -1.95. The highest BCUT2D eigenvalue weighted by Gasteiger charge is 1.93. The Morgan fingerprint density at radius 2 is 1.83 bits per heavy atom. The van der Waals surface area contributed by atoms with Crippen molar-refractivity contribution < 1.29 is 9.47 Å². The van der Waals surface area contributed by atoms with Gasteiger partial charge in [0, 0.05) is 0 Å². The summed E-state index contributed by atoms with van der Waals surface area (Å²) >= 11 is 0. The third-order valence-electron chi connectivity index (χ3n) is 1.43. The van der Waals surface area contributed by atoms with Crippen LogP contribution in [0.2, 0.25) is 0 Å². The van der Waals surface area contributed by atoms with E-state index in [1.54, 1.807) is 13.5 Å². The molecule has 0 spiro atoms. The minimum absolute atomic E-state index is 0.534. The van der Waals surface area contributed by atoms with Gasteiger partial charge in [-0.1, -0.05) is 0 Å². The van der Waals surface area contributed by atoms with Crippen molar-refractivity contribution in [1.29, 1.82) is 0 Å². The molecular weight excluding hydrogens is 152 g/mol. The van der Waals surface area contributed by atoms with Gasteiger partial charge in [-0.2, -0.15) is 0 Å². The maximum Gasteiger partial charge on any atom is 0.196 e. The van der Waals surface area contributed by atoms with Gasteiger partial charge >= 0.3 is 0 Å². The second kappa shape index (κ2) is 4.54. The molecule has 0 aliphatic heterocycles. The van der Waals surface area contributed by atoms with E-state index in [0.29, 0.717) is 6.61 Å². The zero-order valence-corrected chi connectivity index (χ0v) is 7.12. The maximum atomic E-state index is 5.28. The quantitative estimate of drug-likeness (QED) is 0.634. The molecule has 12 heavy (non-hydrogen) atoms. The van der Waals surface area contributed by atoms with Crippen molar-refractivity contribution in [2.75, 3.05) is 13.7 Å². The Labute approximate surface area is 73.1 Å². The Hall–Kier alpha value is -1.31. The average molecular weight is 164 g/mol. The van der Waals surface area contributed by atoms with Crippen LogP contribution in [0.25, 0.3) is 0 Å². The molecule has 0 saturated carbocycles. The first-order chi connectivity index (χ1) is 5.86. The van der Waals surface area contributed by atoms with Crippen molar-refractivity contribution in [3.63, 3.8) is 0 Å². The summed E-state index contributed by atoms with van der Waals surface area (Å²) in [5.41, 5.74) is 0. The molecule has 0 N–H and O–H groups in total. The Bertz CT molecular complexity index is 216. The largest absolute Gasteiger partial charge is 0.497 e. The lowest BCUT2D eigenvalue weighted by atomic mass is 10.3. The summed E-state index contributed by atoms with van der Waals surface area (Å²) in [6.07, 6.45) is 1.71. The fraction of sp³-hybridized carbons (Fsp3) is 0.200. The smallest absolute Gasteiger partial charge is 0.196 e. The predicted molar refractivity (Wildman–Crippen MR) is 48.1 cm³/mol. The van der Waals surface area contributed by atoms with Crippen molar-refractivity contribution in [3.05, 3.63) is 37.6 Å². The molecule has 0 heterocycles. The highest BCUT2D eigenvalue weighted by atomic mass is 16.5. The molecule has 0 atom stereocenters. The number of rotatable bonds is 4. The van der Waals surface area contributed by atoms with Crippen LogP contribution in [0, 0.1) is 13.3 Å². The van der Waals surface area contributed by atoms with Crippen molar-refractivity contribution >= 4 is 0 Å². The minimum atomic E-state index is 0.534. The van der Waals surface area contributed by atoms with Gasteiger partial charge in [0.2, 0.25) is 0 Å². The standard InChI is InChI=1S/C10H12O2/c1-3-8-12-10-6-4-9(11-2)5-7-10/h3-7H,1,8H2,2H3. The minimum Gasteiger partial charge on any atom is -0.497 e. The summed E-state index contributed by atoms with van der Waals surface area (Å²) in [6, 6.07) is 7.45. The molecule has 2 heteroatoms. The Morgan fingerprint density at radius 3 is 2.33 bits per heavy atom. The van der Waals surface area contributed by atoms with E-state index in [2.05, 4.69) is 6.92 Å². The van der Waals surface area contributed by atoms with Gasteiger partial charge in [-0.15, -0.1) is 6.92 Å². The Morgan fingerprint density at radius 1 is 1.25 bits per heavy atom. The lowest BCUT2D eigenvalue weighted by Gasteiger charge is -2.02. The van der Waals surface area contributed by atoms with Crippen molar-refractivity contribution in [3.8, 4) is 11.5 Å². The lowest BCUT2D eigenvalue weighted by molar-refractivity contribution is 0.351. The van der Waals surface area contributed by atoms with Gasteiger partial charge in [0.15, 0.2) is 6.61 Å². The first-order valence-electron chi connectivity index (χ1n) is 3.74. The molecule has 0 aromatic heterocycles. The summed E-state index contributed by atoms with van der Waals surface area (Å²) in [6.45, 7) is 4.09. The van der Waals surface area contributed by atoms with Crippen LogP contribution in [0.5, 0.6) is 11.5 Å². The monoisotopic (exact) mass is 164 g/mol. The molecule has 0 bridgehead atoms. The van der Waals surface area contributed by atoms with Crippen LogP contribution >= 0.6 is 0 Å². The molecule has 0 aliphatic rings. The molecule has 0 aliphatic carbocycles. The average Bonchev–Trinajstić information content (AvgIpc) is 2.15. The summed E-state index contributed by atoms with van der Waals surface area (Å²) in [7, 11) is 1.64. The molecule has 64 valence electrons. The van der Waals surface area contributed by atoms with E-state index in [4.69, 9.17) is 9.47 Å². The van der Waals surface area contributed by atoms with E-state index in [-0.39, 0.29) is 0 Å². The second-order valence-corrected chi connectivity index (χ2v) is 2.28. The summed E-state index contributed by atoms with van der Waals surface area (Å²) in [5.74, 6) is 1.66. The molecule has 0 radical (unpaired) electrons. The normalized spacial score (nSPS) is 9.17. The maximum absolute atomic E-state index is 5.28. The molecular formula is C10H12O2. The SMILES string of the molecule is [CH2-][CH+]COc1ccc(OC)cc1. The van der Waals surface area contributed by atoms with Crippen LogP contribution in [0.15, 0.2) is 24.3 Å². The first kappa shape index (κ1) is 8.78. The fourth-order valence-electron chi connectivity index (χ4n) is 0.827. The van der Waals surface area contributed by atoms with Gasteiger partial charge in [-0.25, -0.2) is 0 Å². The van der Waals surface area contributed by atoms with Crippen LogP contribution in [-0.4, -0.2) is 13.7 Å². The van der Waals surface area contributed by atoms with Crippen molar-refractivity contribution in [1.82, 2.24) is 0 Å². The summed E-state index contributed by atoms with van der Waals surface area (Å²) in [4.78, 5) is 0. The topological polar surface area (TPSA) is 18.5 Å². The van der Waals surface area contributed by atoms with Gasteiger partial charge in [0.05, 0.1) is 7.11 Å². The summed E-state index contributed by atoms with van der Waals surface area (Å²) in [5, 5.41) is 0. The van der Waals surface area contributed by atoms with Crippen LogP contribution < -0.4 is 9.47 Å².